The van der Waals surface area contributed by atoms with Crippen molar-refractivity contribution in [3.63, 3.8) is 0 Å². The van der Waals surface area contributed by atoms with E-state index >= 15 is 0 Å². The average molecular weight is 252 g/mol. The second kappa shape index (κ2) is 4.94. The monoisotopic (exact) mass is 252 g/mol. The molecule has 1 aromatic carbocycles. The summed E-state index contributed by atoms with van der Waals surface area (Å²) in [5.74, 6) is 1.42. The van der Waals surface area contributed by atoms with E-state index in [1.54, 1.807) is 6.07 Å². The second-order valence-electron chi connectivity index (χ2n) is 4.32. The third-order valence-corrected chi connectivity index (χ3v) is 3.05. The molecule has 2 aromatic rings. The van der Waals surface area contributed by atoms with Gasteiger partial charge in [-0.2, -0.15) is 5.26 Å². The molecule has 2 heterocycles. The summed E-state index contributed by atoms with van der Waals surface area (Å²) >= 11 is 0. The molecule has 0 aliphatic carbocycles. The number of nitrogens with one attached hydrogen (secondary N) is 1. The van der Waals surface area contributed by atoms with Gasteiger partial charge in [0.15, 0.2) is 12.0 Å². The Kier molecular flexibility index (Phi) is 2.99. The molecular formula is C14H12N4O. The largest absolute Gasteiger partial charge is 0.493 e. The van der Waals surface area contributed by atoms with Crippen LogP contribution in [0.5, 0.6) is 5.75 Å². The second-order valence-corrected chi connectivity index (χ2v) is 4.32. The van der Waals surface area contributed by atoms with Crippen LogP contribution in [0.15, 0.2) is 30.3 Å². The van der Waals surface area contributed by atoms with Crippen LogP contribution < -0.4 is 10.1 Å². The van der Waals surface area contributed by atoms with Crippen molar-refractivity contribution in [3.05, 3.63) is 35.9 Å². The maximum absolute atomic E-state index is 8.50. The molecule has 0 radical (unpaired) electrons. The topological polar surface area (TPSA) is 70.8 Å². The van der Waals surface area contributed by atoms with Gasteiger partial charge in [-0.1, -0.05) is 0 Å². The summed E-state index contributed by atoms with van der Waals surface area (Å²) in [7, 11) is 0. The number of anilines is 1. The van der Waals surface area contributed by atoms with Crippen LogP contribution in [0.3, 0.4) is 0 Å². The maximum Gasteiger partial charge on any atom is 0.182 e. The highest BCUT2D eigenvalue weighted by Gasteiger charge is 2.11. The third-order valence-electron chi connectivity index (χ3n) is 3.05. The van der Waals surface area contributed by atoms with Gasteiger partial charge in [0.1, 0.15) is 5.75 Å². The number of fused-ring (bicyclic) bond motifs is 1. The van der Waals surface area contributed by atoms with Crippen molar-refractivity contribution in [2.75, 3.05) is 11.9 Å². The highest BCUT2D eigenvalue weighted by molar-refractivity contribution is 5.62. The number of benzene rings is 1. The van der Waals surface area contributed by atoms with E-state index in [0.29, 0.717) is 5.82 Å². The van der Waals surface area contributed by atoms with Crippen LogP contribution in [0.4, 0.5) is 5.82 Å². The Morgan fingerprint density at radius 2 is 2.16 bits per heavy atom. The molecule has 0 atom stereocenters. The lowest BCUT2D eigenvalue weighted by Crippen LogP contribution is -2.08. The lowest BCUT2D eigenvalue weighted by molar-refractivity contribution is 0.288. The molecular weight excluding hydrogens is 240 g/mol. The summed E-state index contributed by atoms with van der Waals surface area (Å²) in [5, 5.41) is 19.0. The van der Waals surface area contributed by atoms with Gasteiger partial charge in [0.25, 0.3) is 0 Å². The SMILES string of the molecule is N#CNc1ccc(-c2ccc3c(c2)CCCO3)nn1. The third kappa shape index (κ3) is 2.33. The molecule has 1 aliphatic heterocycles. The van der Waals surface area contributed by atoms with Crippen molar-refractivity contribution in [1.29, 1.82) is 5.26 Å². The Hall–Kier alpha value is -2.61. The van der Waals surface area contributed by atoms with E-state index in [1.807, 2.05) is 24.4 Å². The molecule has 0 bridgehead atoms. The molecule has 0 unspecified atom stereocenters. The molecule has 0 fully saturated rings. The van der Waals surface area contributed by atoms with Gasteiger partial charge in [0.2, 0.25) is 0 Å². The normalized spacial score (nSPS) is 13.0. The first-order valence-electron chi connectivity index (χ1n) is 6.12. The Labute approximate surface area is 110 Å². The van der Waals surface area contributed by atoms with E-state index in [-0.39, 0.29) is 0 Å². The quantitative estimate of drug-likeness (QED) is 0.656. The Bertz CT molecular complexity index is 631. The first-order valence-corrected chi connectivity index (χ1v) is 6.12. The van der Waals surface area contributed by atoms with Crippen LogP contribution in [0.2, 0.25) is 0 Å². The summed E-state index contributed by atoms with van der Waals surface area (Å²) in [6.45, 7) is 0.792. The van der Waals surface area contributed by atoms with Gasteiger partial charge in [0, 0.05) is 5.56 Å². The summed E-state index contributed by atoms with van der Waals surface area (Å²) in [6.07, 6.45) is 3.90. The zero-order chi connectivity index (χ0) is 13.1. The summed E-state index contributed by atoms with van der Waals surface area (Å²) in [5.41, 5.74) is 3.02. The van der Waals surface area contributed by atoms with Crippen LogP contribution in [-0.4, -0.2) is 16.8 Å². The molecule has 0 spiro atoms. The molecule has 1 N–H and O–H groups in total. The first-order chi connectivity index (χ1) is 9.36. The van der Waals surface area contributed by atoms with Crippen molar-refractivity contribution in [2.45, 2.75) is 12.8 Å². The minimum Gasteiger partial charge on any atom is -0.493 e. The summed E-state index contributed by atoms with van der Waals surface area (Å²) in [4.78, 5) is 0. The smallest absolute Gasteiger partial charge is 0.182 e. The predicted molar refractivity (Wildman–Crippen MR) is 70.5 cm³/mol. The predicted octanol–water partition coefficient (Wildman–Crippen LogP) is 2.36. The average Bonchev–Trinajstić information content (AvgIpc) is 2.48. The van der Waals surface area contributed by atoms with E-state index < -0.39 is 0 Å². The van der Waals surface area contributed by atoms with Gasteiger partial charge in [-0.05, 0) is 48.7 Å². The molecule has 5 nitrogen and oxygen atoms in total. The summed E-state index contributed by atoms with van der Waals surface area (Å²) < 4.78 is 5.58. The summed E-state index contributed by atoms with van der Waals surface area (Å²) in [6, 6.07) is 9.63. The number of aryl methyl sites for hydroxylation is 1. The van der Waals surface area contributed by atoms with Gasteiger partial charge in [0.05, 0.1) is 12.3 Å². The van der Waals surface area contributed by atoms with E-state index in [0.717, 1.165) is 36.5 Å². The fourth-order valence-corrected chi connectivity index (χ4v) is 2.13. The molecule has 0 amide bonds. The lowest BCUT2D eigenvalue weighted by Gasteiger charge is -2.17. The standard InChI is InChI=1S/C14H12N4O/c15-9-16-14-6-4-12(17-18-14)10-3-5-13-11(8-10)2-1-7-19-13/h3-6,8H,1-2,7H2,(H,16,18). The van der Waals surface area contributed by atoms with Crippen LogP contribution >= 0.6 is 0 Å². The molecule has 5 heteroatoms. The molecule has 1 aromatic heterocycles. The van der Waals surface area contributed by atoms with Gasteiger partial charge < -0.3 is 4.74 Å². The van der Waals surface area contributed by atoms with Crippen LogP contribution in [0, 0.1) is 11.5 Å². The number of rotatable bonds is 2. The van der Waals surface area contributed by atoms with Crippen molar-refractivity contribution in [3.8, 4) is 23.2 Å². The zero-order valence-electron chi connectivity index (χ0n) is 10.3. The highest BCUT2D eigenvalue weighted by Crippen LogP contribution is 2.29. The number of hydrogen-bond acceptors (Lipinski definition) is 5. The van der Waals surface area contributed by atoms with Crippen LogP contribution in [-0.2, 0) is 6.42 Å². The van der Waals surface area contributed by atoms with Crippen molar-refractivity contribution >= 4 is 5.82 Å². The van der Waals surface area contributed by atoms with E-state index in [9.17, 15) is 0 Å². The van der Waals surface area contributed by atoms with E-state index in [1.165, 1.54) is 5.56 Å². The number of nitriles is 1. The zero-order valence-corrected chi connectivity index (χ0v) is 10.3. The van der Waals surface area contributed by atoms with E-state index in [2.05, 4.69) is 21.6 Å². The maximum atomic E-state index is 8.50. The molecule has 0 saturated heterocycles. The van der Waals surface area contributed by atoms with Gasteiger partial charge >= 0.3 is 0 Å². The fraction of sp³-hybridized carbons (Fsp3) is 0.214. The first kappa shape index (κ1) is 11.5. The minimum atomic E-state index is 0.451. The van der Waals surface area contributed by atoms with Crippen LogP contribution in [0.1, 0.15) is 12.0 Å². The molecule has 0 saturated carbocycles. The molecule has 94 valence electrons. The molecule has 19 heavy (non-hydrogen) atoms. The lowest BCUT2D eigenvalue weighted by atomic mass is 10.0. The highest BCUT2D eigenvalue weighted by atomic mass is 16.5. The Morgan fingerprint density at radius 1 is 1.21 bits per heavy atom. The minimum absolute atomic E-state index is 0.451. The number of ether oxygens (including phenoxy) is 1. The Morgan fingerprint density at radius 3 is 2.95 bits per heavy atom. The fourth-order valence-electron chi connectivity index (χ4n) is 2.13. The van der Waals surface area contributed by atoms with E-state index in [4.69, 9.17) is 10.00 Å². The number of nitrogens with zero attached hydrogens (tertiary/aromatic N) is 3. The Balaban J connectivity index is 1.91. The van der Waals surface area contributed by atoms with Crippen molar-refractivity contribution in [2.24, 2.45) is 0 Å². The van der Waals surface area contributed by atoms with Gasteiger partial charge in [-0.15, -0.1) is 10.2 Å². The molecule has 1 aliphatic rings. The van der Waals surface area contributed by atoms with Gasteiger partial charge in [-0.3, -0.25) is 5.32 Å². The number of aromatic nitrogens is 2. The van der Waals surface area contributed by atoms with Crippen molar-refractivity contribution in [1.82, 2.24) is 10.2 Å². The van der Waals surface area contributed by atoms with Crippen molar-refractivity contribution < 1.29 is 4.74 Å². The van der Waals surface area contributed by atoms with Crippen LogP contribution in [0.25, 0.3) is 11.3 Å². The number of hydrogen-bond donors (Lipinski definition) is 1. The van der Waals surface area contributed by atoms with Gasteiger partial charge in [-0.25, -0.2) is 0 Å². The molecule has 3 rings (SSSR count).